The zero-order chi connectivity index (χ0) is 15.7. The highest BCUT2D eigenvalue weighted by molar-refractivity contribution is 7.07. The molecule has 1 aliphatic heterocycles. The number of nitrogens with zero attached hydrogens (tertiary/aromatic N) is 3. The van der Waals surface area contributed by atoms with Gasteiger partial charge in [0, 0.05) is 25.9 Å². The maximum atomic E-state index is 12.6. The van der Waals surface area contributed by atoms with E-state index in [1.165, 1.54) is 23.9 Å². The lowest BCUT2D eigenvalue weighted by Gasteiger charge is -2.24. The van der Waals surface area contributed by atoms with Crippen LogP contribution in [0, 0.1) is 0 Å². The molecule has 7 heteroatoms. The summed E-state index contributed by atoms with van der Waals surface area (Å²) < 4.78 is 2.29. The van der Waals surface area contributed by atoms with Gasteiger partial charge in [0.2, 0.25) is 5.91 Å². The zero-order valence-corrected chi connectivity index (χ0v) is 13.1. The van der Waals surface area contributed by atoms with Crippen LogP contribution in [0.4, 0.5) is 0 Å². The van der Waals surface area contributed by atoms with Gasteiger partial charge in [0.15, 0.2) is 0 Å². The zero-order valence-electron chi connectivity index (χ0n) is 12.3. The van der Waals surface area contributed by atoms with Crippen LogP contribution in [0.1, 0.15) is 24.4 Å². The fraction of sp³-hybridized carbons (Fsp3) is 0.400. The Labute approximate surface area is 131 Å². The van der Waals surface area contributed by atoms with E-state index in [0.717, 1.165) is 23.0 Å². The third-order valence-corrected chi connectivity index (χ3v) is 4.77. The number of aromatic nitrogens is 2. The Hall–Kier alpha value is -2.15. The lowest BCUT2D eigenvalue weighted by atomic mass is 10.1. The molecule has 0 aromatic carbocycles. The first-order valence-electron chi connectivity index (χ1n) is 7.16. The van der Waals surface area contributed by atoms with Crippen molar-refractivity contribution in [2.24, 2.45) is 7.05 Å². The van der Waals surface area contributed by atoms with Crippen molar-refractivity contribution >= 4 is 17.2 Å². The van der Waals surface area contributed by atoms with Crippen LogP contribution in [0.5, 0.6) is 0 Å². The molecule has 1 aliphatic rings. The lowest BCUT2D eigenvalue weighted by Crippen LogP contribution is -2.41. The molecule has 116 valence electrons. The van der Waals surface area contributed by atoms with E-state index in [1.807, 2.05) is 16.3 Å². The fourth-order valence-corrected chi connectivity index (χ4v) is 3.56. The maximum Gasteiger partial charge on any atom is 0.331 e. The SMILES string of the molecule is Cn1c(=O)ccn(CC(=O)N2CCC[C@@H]2c2ccsc2)c1=O. The maximum absolute atomic E-state index is 12.6. The van der Waals surface area contributed by atoms with Crippen LogP contribution in [-0.4, -0.2) is 26.5 Å². The van der Waals surface area contributed by atoms with Crippen molar-refractivity contribution in [3.63, 3.8) is 0 Å². The standard InChI is InChI=1S/C15H17N3O3S/c1-16-13(19)4-7-17(15(16)21)9-14(20)18-6-2-3-12(18)11-5-8-22-10-11/h4-5,7-8,10,12H,2-3,6,9H2,1H3/t12-/m1/s1. The molecule has 3 rings (SSSR count). The first kappa shape index (κ1) is 14.8. The molecule has 1 fully saturated rings. The Morgan fingerprint density at radius 2 is 2.18 bits per heavy atom. The van der Waals surface area contributed by atoms with Gasteiger partial charge in [0.25, 0.3) is 5.56 Å². The van der Waals surface area contributed by atoms with Gasteiger partial charge in [-0.25, -0.2) is 4.79 Å². The predicted octanol–water partition coefficient (Wildman–Crippen LogP) is 0.972. The Kier molecular flexibility index (Phi) is 3.98. The highest BCUT2D eigenvalue weighted by Crippen LogP contribution is 2.33. The largest absolute Gasteiger partial charge is 0.334 e. The number of rotatable bonds is 3. The number of thiophene rings is 1. The van der Waals surface area contributed by atoms with Crippen molar-refractivity contribution in [1.82, 2.24) is 14.0 Å². The molecule has 0 spiro atoms. The van der Waals surface area contributed by atoms with Gasteiger partial charge < -0.3 is 4.90 Å². The molecular formula is C15H17N3O3S. The minimum atomic E-state index is -0.466. The minimum Gasteiger partial charge on any atom is -0.334 e. The topological polar surface area (TPSA) is 64.3 Å². The molecule has 0 saturated carbocycles. The van der Waals surface area contributed by atoms with Crippen LogP contribution < -0.4 is 11.2 Å². The summed E-state index contributed by atoms with van der Waals surface area (Å²) in [5.74, 6) is -0.0885. The number of amides is 1. The molecule has 3 heterocycles. The quantitative estimate of drug-likeness (QED) is 0.847. The number of hydrogen-bond donors (Lipinski definition) is 0. The van der Waals surface area contributed by atoms with E-state index in [4.69, 9.17) is 0 Å². The summed E-state index contributed by atoms with van der Waals surface area (Å²) >= 11 is 1.62. The van der Waals surface area contributed by atoms with Crippen molar-refractivity contribution in [2.75, 3.05) is 6.54 Å². The van der Waals surface area contributed by atoms with Gasteiger partial charge in [-0.15, -0.1) is 0 Å². The summed E-state index contributed by atoms with van der Waals surface area (Å²) in [6, 6.07) is 3.44. The molecule has 0 radical (unpaired) electrons. The molecule has 2 aromatic heterocycles. The lowest BCUT2D eigenvalue weighted by molar-refractivity contribution is -0.132. The normalized spacial score (nSPS) is 17.9. The summed E-state index contributed by atoms with van der Waals surface area (Å²) in [4.78, 5) is 37.8. The van der Waals surface area contributed by atoms with Gasteiger partial charge in [-0.3, -0.25) is 18.7 Å². The van der Waals surface area contributed by atoms with E-state index in [9.17, 15) is 14.4 Å². The van der Waals surface area contributed by atoms with Gasteiger partial charge in [-0.2, -0.15) is 11.3 Å². The molecule has 1 saturated heterocycles. The molecule has 22 heavy (non-hydrogen) atoms. The molecule has 0 bridgehead atoms. The van der Waals surface area contributed by atoms with Crippen LogP contribution in [0.3, 0.4) is 0 Å². The van der Waals surface area contributed by atoms with E-state index in [-0.39, 0.29) is 24.1 Å². The third-order valence-electron chi connectivity index (χ3n) is 4.07. The van der Waals surface area contributed by atoms with Crippen LogP contribution in [0.15, 0.2) is 38.7 Å². The summed E-state index contributed by atoms with van der Waals surface area (Å²) in [7, 11) is 1.41. The first-order valence-corrected chi connectivity index (χ1v) is 8.10. The van der Waals surface area contributed by atoms with Crippen LogP contribution in [0.2, 0.25) is 0 Å². The highest BCUT2D eigenvalue weighted by atomic mass is 32.1. The Morgan fingerprint density at radius 1 is 1.36 bits per heavy atom. The van der Waals surface area contributed by atoms with Crippen LogP contribution in [0.25, 0.3) is 0 Å². The summed E-state index contributed by atoms with van der Waals surface area (Å²) in [5.41, 5.74) is 0.321. The number of carbonyl (C=O) groups is 1. The highest BCUT2D eigenvalue weighted by Gasteiger charge is 2.30. The molecule has 0 aliphatic carbocycles. The second kappa shape index (κ2) is 5.92. The summed E-state index contributed by atoms with van der Waals surface area (Å²) in [6.07, 6.45) is 3.30. The monoisotopic (exact) mass is 319 g/mol. The van der Waals surface area contributed by atoms with E-state index < -0.39 is 5.69 Å². The van der Waals surface area contributed by atoms with Gasteiger partial charge in [-0.05, 0) is 35.2 Å². The second-order valence-electron chi connectivity index (χ2n) is 5.43. The smallest absolute Gasteiger partial charge is 0.331 e. The van der Waals surface area contributed by atoms with Gasteiger partial charge in [-0.1, -0.05) is 0 Å². The average molecular weight is 319 g/mol. The van der Waals surface area contributed by atoms with Gasteiger partial charge in [0.1, 0.15) is 6.54 Å². The summed E-state index contributed by atoms with van der Waals surface area (Å²) in [5, 5.41) is 4.07. The minimum absolute atomic E-state index is 0.0341. The van der Waals surface area contributed by atoms with Gasteiger partial charge >= 0.3 is 5.69 Å². The molecule has 0 N–H and O–H groups in total. The number of hydrogen-bond acceptors (Lipinski definition) is 4. The predicted molar refractivity (Wildman–Crippen MR) is 84.0 cm³/mol. The van der Waals surface area contributed by atoms with Crippen molar-refractivity contribution in [1.29, 1.82) is 0 Å². The van der Waals surface area contributed by atoms with E-state index >= 15 is 0 Å². The number of likely N-dealkylation sites (tertiary alicyclic amines) is 1. The summed E-state index contributed by atoms with van der Waals surface area (Å²) in [6.45, 7) is 0.674. The molecule has 0 unspecified atom stereocenters. The Bertz CT molecular complexity index is 791. The van der Waals surface area contributed by atoms with E-state index in [2.05, 4.69) is 5.38 Å². The number of carbonyl (C=O) groups excluding carboxylic acids is 1. The second-order valence-corrected chi connectivity index (χ2v) is 6.21. The fourth-order valence-electron chi connectivity index (χ4n) is 2.85. The van der Waals surface area contributed by atoms with Crippen molar-refractivity contribution in [3.05, 3.63) is 55.5 Å². The van der Waals surface area contributed by atoms with E-state index in [0.29, 0.717) is 6.54 Å². The van der Waals surface area contributed by atoms with Crippen molar-refractivity contribution in [2.45, 2.75) is 25.4 Å². The molecule has 1 amide bonds. The molecular weight excluding hydrogens is 302 g/mol. The van der Waals surface area contributed by atoms with E-state index in [1.54, 1.807) is 11.3 Å². The van der Waals surface area contributed by atoms with Crippen LogP contribution in [-0.2, 0) is 18.4 Å². The molecule has 6 nitrogen and oxygen atoms in total. The third kappa shape index (κ3) is 2.64. The van der Waals surface area contributed by atoms with Gasteiger partial charge in [0.05, 0.1) is 6.04 Å². The Morgan fingerprint density at radius 3 is 2.91 bits per heavy atom. The Balaban J connectivity index is 1.81. The average Bonchev–Trinajstić information content (AvgIpc) is 3.17. The molecule has 1 atom stereocenters. The first-order chi connectivity index (χ1) is 10.6. The van der Waals surface area contributed by atoms with Crippen molar-refractivity contribution in [3.8, 4) is 0 Å². The van der Waals surface area contributed by atoms with Crippen molar-refractivity contribution < 1.29 is 4.79 Å². The van der Waals surface area contributed by atoms with Crippen LogP contribution >= 0.6 is 11.3 Å². The molecule has 2 aromatic rings.